The number of hydrogen-bond donors (Lipinski definition) is 2. The van der Waals surface area contributed by atoms with E-state index in [1.807, 2.05) is 35.7 Å². The van der Waals surface area contributed by atoms with Crippen molar-refractivity contribution >= 4 is 34.7 Å². The van der Waals surface area contributed by atoms with E-state index in [1.165, 1.54) is 16.9 Å². The first kappa shape index (κ1) is 20.5. The Kier molecular flexibility index (Phi) is 5.06. The Hall–Kier alpha value is -3.45. The maximum Gasteiger partial charge on any atom is 0.261 e. The summed E-state index contributed by atoms with van der Waals surface area (Å²) in [6.45, 7) is 4.55. The van der Waals surface area contributed by atoms with Gasteiger partial charge in [-0.25, -0.2) is 0 Å². The third-order valence-corrected chi connectivity index (χ3v) is 7.28. The molecule has 2 atom stereocenters. The Balaban J connectivity index is 1.46. The van der Waals surface area contributed by atoms with Crippen LogP contribution in [0, 0.1) is 13.8 Å². The first-order chi connectivity index (χ1) is 15.4. The van der Waals surface area contributed by atoms with E-state index in [2.05, 4.69) is 30.5 Å². The van der Waals surface area contributed by atoms with Crippen molar-refractivity contribution in [3.05, 3.63) is 75.5 Å². The van der Waals surface area contributed by atoms with Crippen molar-refractivity contribution in [2.75, 3.05) is 11.9 Å². The molecule has 3 aromatic rings. The lowest BCUT2D eigenvalue weighted by molar-refractivity contribution is -0.120. The SMILES string of the molecule is Cc1cccc(-c2ccc3c(c2)C(=O)N2CCC(NC(=O)c4cccs4)C2C(=O)N3)c1C. The molecule has 5 rings (SSSR count). The molecular weight excluding hydrogens is 422 g/mol. The largest absolute Gasteiger partial charge is 0.346 e. The molecule has 2 aliphatic rings. The van der Waals surface area contributed by atoms with Crippen molar-refractivity contribution in [1.29, 1.82) is 0 Å². The second-order valence-electron chi connectivity index (χ2n) is 8.29. The Labute approximate surface area is 190 Å². The van der Waals surface area contributed by atoms with Gasteiger partial charge in [0.15, 0.2) is 0 Å². The van der Waals surface area contributed by atoms with E-state index >= 15 is 0 Å². The van der Waals surface area contributed by atoms with Gasteiger partial charge >= 0.3 is 0 Å². The highest BCUT2D eigenvalue weighted by Crippen LogP contribution is 2.33. The molecule has 0 saturated carbocycles. The minimum atomic E-state index is -0.733. The summed E-state index contributed by atoms with van der Waals surface area (Å²) in [5.74, 6) is -0.681. The Bertz CT molecular complexity index is 1240. The average molecular weight is 446 g/mol. The molecule has 1 saturated heterocycles. The number of carbonyl (C=O) groups excluding carboxylic acids is 3. The number of rotatable bonds is 3. The molecule has 0 bridgehead atoms. The zero-order valence-corrected chi connectivity index (χ0v) is 18.7. The summed E-state index contributed by atoms with van der Waals surface area (Å²) in [6, 6.07) is 14.1. The maximum atomic E-state index is 13.5. The van der Waals surface area contributed by atoms with Gasteiger partial charge in [0.1, 0.15) is 6.04 Å². The second kappa shape index (κ2) is 7.91. The molecule has 1 aromatic heterocycles. The molecule has 3 amide bonds. The number of benzene rings is 2. The molecule has 162 valence electrons. The van der Waals surface area contributed by atoms with E-state index in [-0.39, 0.29) is 17.7 Å². The van der Waals surface area contributed by atoms with Gasteiger partial charge < -0.3 is 15.5 Å². The van der Waals surface area contributed by atoms with Crippen LogP contribution in [0.1, 0.15) is 37.6 Å². The lowest BCUT2D eigenvalue weighted by Gasteiger charge is -2.24. The zero-order valence-electron chi connectivity index (χ0n) is 17.8. The molecule has 0 aliphatic carbocycles. The number of fused-ring (bicyclic) bond motifs is 2. The predicted octanol–water partition coefficient (Wildman–Crippen LogP) is 4.00. The van der Waals surface area contributed by atoms with Gasteiger partial charge in [-0.3, -0.25) is 14.4 Å². The van der Waals surface area contributed by atoms with E-state index in [9.17, 15) is 14.4 Å². The number of anilines is 1. The summed E-state index contributed by atoms with van der Waals surface area (Å²) in [7, 11) is 0. The van der Waals surface area contributed by atoms with E-state index in [4.69, 9.17) is 0 Å². The summed E-state index contributed by atoms with van der Waals surface area (Å²) >= 11 is 1.35. The molecule has 32 heavy (non-hydrogen) atoms. The molecule has 2 aliphatic heterocycles. The summed E-state index contributed by atoms with van der Waals surface area (Å²) in [5.41, 5.74) is 5.33. The lowest BCUT2D eigenvalue weighted by atomic mass is 9.95. The number of amides is 3. The highest BCUT2D eigenvalue weighted by atomic mass is 32.1. The molecule has 2 aromatic carbocycles. The van der Waals surface area contributed by atoms with E-state index in [0.29, 0.717) is 29.1 Å². The number of aryl methyl sites for hydroxylation is 1. The van der Waals surface area contributed by atoms with Gasteiger partial charge in [0, 0.05) is 6.54 Å². The Morgan fingerprint density at radius 3 is 2.72 bits per heavy atom. The van der Waals surface area contributed by atoms with Crippen LogP contribution < -0.4 is 10.6 Å². The van der Waals surface area contributed by atoms with Crippen LogP contribution in [-0.4, -0.2) is 41.2 Å². The molecule has 1 fully saturated rings. The highest BCUT2D eigenvalue weighted by Gasteiger charge is 2.45. The third kappa shape index (κ3) is 3.39. The molecule has 6 nitrogen and oxygen atoms in total. The molecule has 0 radical (unpaired) electrons. The van der Waals surface area contributed by atoms with Crippen LogP contribution in [0.25, 0.3) is 11.1 Å². The standard InChI is InChI=1S/C25H23N3O3S/c1-14-5-3-6-17(15(14)2)16-8-9-19-18(13-16)25(31)28-11-10-20(22(28)24(30)26-19)27-23(29)21-7-4-12-32-21/h3-9,12-13,20,22H,10-11H2,1-2H3,(H,26,30)(H,27,29). The minimum absolute atomic E-state index is 0.191. The number of nitrogens with one attached hydrogen (secondary N) is 2. The van der Waals surface area contributed by atoms with Gasteiger partial charge in [-0.2, -0.15) is 0 Å². The van der Waals surface area contributed by atoms with Crippen LogP contribution in [0.5, 0.6) is 0 Å². The van der Waals surface area contributed by atoms with Crippen LogP contribution in [0.2, 0.25) is 0 Å². The van der Waals surface area contributed by atoms with E-state index < -0.39 is 12.1 Å². The smallest absolute Gasteiger partial charge is 0.261 e. The van der Waals surface area contributed by atoms with Gasteiger partial charge in [0.05, 0.1) is 22.2 Å². The summed E-state index contributed by atoms with van der Waals surface area (Å²) in [5, 5.41) is 7.71. The van der Waals surface area contributed by atoms with Crippen LogP contribution in [-0.2, 0) is 4.79 Å². The van der Waals surface area contributed by atoms with Crippen LogP contribution in [0.15, 0.2) is 53.9 Å². The van der Waals surface area contributed by atoms with Gasteiger partial charge in [-0.1, -0.05) is 30.3 Å². The summed E-state index contributed by atoms with van der Waals surface area (Å²) in [6.07, 6.45) is 0.535. The number of thiophene rings is 1. The highest BCUT2D eigenvalue weighted by molar-refractivity contribution is 7.12. The minimum Gasteiger partial charge on any atom is -0.346 e. The second-order valence-corrected chi connectivity index (χ2v) is 9.23. The van der Waals surface area contributed by atoms with Gasteiger partial charge in [-0.05, 0) is 66.1 Å². The summed E-state index contributed by atoms with van der Waals surface area (Å²) in [4.78, 5) is 41.3. The number of carbonyl (C=O) groups is 3. The molecule has 3 heterocycles. The molecule has 0 spiro atoms. The Morgan fingerprint density at radius 2 is 1.94 bits per heavy atom. The first-order valence-corrected chi connectivity index (χ1v) is 11.5. The normalized spacial score (nSPS) is 19.8. The number of nitrogens with zero attached hydrogens (tertiary/aromatic N) is 1. The topological polar surface area (TPSA) is 78.5 Å². The van der Waals surface area contributed by atoms with E-state index in [0.717, 1.165) is 16.7 Å². The Morgan fingerprint density at radius 1 is 1.09 bits per heavy atom. The summed E-state index contributed by atoms with van der Waals surface area (Å²) < 4.78 is 0. The third-order valence-electron chi connectivity index (χ3n) is 6.41. The fourth-order valence-corrected chi connectivity index (χ4v) is 5.19. The monoisotopic (exact) mass is 445 g/mol. The fourth-order valence-electron chi connectivity index (χ4n) is 4.57. The van der Waals surface area contributed by atoms with Crippen LogP contribution in [0.3, 0.4) is 0 Å². The molecule has 7 heteroatoms. The van der Waals surface area contributed by atoms with Crippen molar-refractivity contribution < 1.29 is 14.4 Å². The zero-order chi connectivity index (χ0) is 22.4. The van der Waals surface area contributed by atoms with Crippen molar-refractivity contribution in [3.8, 4) is 11.1 Å². The van der Waals surface area contributed by atoms with E-state index in [1.54, 1.807) is 17.0 Å². The van der Waals surface area contributed by atoms with Crippen LogP contribution in [0.4, 0.5) is 5.69 Å². The lowest BCUT2D eigenvalue weighted by Crippen LogP contribution is -2.51. The quantitative estimate of drug-likeness (QED) is 0.640. The van der Waals surface area contributed by atoms with Crippen molar-refractivity contribution in [2.45, 2.75) is 32.4 Å². The van der Waals surface area contributed by atoms with Crippen molar-refractivity contribution in [3.63, 3.8) is 0 Å². The molecule has 2 N–H and O–H groups in total. The van der Waals surface area contributed by atoms with Gasteiger partial charge in [0.25, 0.3) is 11.8 Å². The molecule has 2 unspecified atom stereocenters. The van der Waals surface area contributed by atoms with Gasteiger partial charge in [-0.15, -0.1) is 11.3 Å². The van der Waals surface area contributed by atoms with Crippen molar-refractivity contribution in [2.24, 2.45) is 0 Å². The fraction of sp³-hybridized carbons (Fsp3) is 0.240. The van der Waals surface area contributed by atoms with Crippen LogP contribution >= 0.6 is 11.3 Å². The maximum absolute atomic E-state index is 13.5. The van der Waals surface area contributed by atoms with Crippen molar-refractivity contribution in [1.82, 2.24) is 10.2 Å². The molecular formula is C25H23N3O3S. The van der Waals surface area contributed by atoms with Gasteiger partial charge in [0.2, 0.25) is 5.91 Å². The first-order valence-electron chi connectivity index (χ1n) is 10.6. The number of hydrogen-bond acceptors (Lipinski definition) is 4. The predicted molar refractivity (Wildman–Crippen MR) is 125 cm³/mol. The average Bonchev–Trinajstić information content (AvgIpc) is 3.44.